The highest BCUT2D eigenvalue weighted by molar-refractivity contribution is 5.85. The van der Waals surface area contributed by atoms with Crippen LogP contribution in [0.15, 0.2) is 23.0 Å². The number of hydrogen-bond donors (Lipinski definition) is 1. The minimum atomic E-state index is -1.06. The Morgan fingerprint density at radius 2 is 2.10 bits per heavy atom. The van der Waals surface area contributed by atoms with Gasteiger partial charge in [0.25, 0.3) is 5.56 Å². The standard InChI is InChI=1S/C15H16N2O3/c1-9-3-4-10-11(7-9)13(15(2)5-6-15)16-17(14(10)20)8-12(18)19/h3-4,7H,5-6,8H2,1-2H3,(H,18,19). The fraction of sp³-hybridized carbons (Fsp3) is 0.400. The number of carbonyl (C=O) groups is 1. The average molecular weight is 272 g/mol. The van der Waals surface area contributed by atoms with Gasteiger partial charge in [-0.25, -0.2) is 4.68 Å². The molecule has 3 rings (SSSR count). The largest absolute Gasteiger partial charge is 0.480 e. The second kappa shape index (κ2) is 4.16. The molecule has 5 heteroatoms. The van der Waals surface area contributed by atoms with Crippen LogP contribution in [0.1, 0.15) is 31.0 Å². The van der Waals surface area contributed by atoms with E-state index in [1.54, 1.807) is 6.07 Å². The first-order valence-electron chi connectivity index (χ1n) is 6.64. The maximum atomic E-state index is 12.3. The summed E-state index contributed by atoms with van der Waals surface area (Å²) in [6.45, 7) is 3.68. The molecule has 0 unspecified atom stereocenters. The lowest BCUT2D eigenvalue weighted by molar-refractivity contribution is -0.138. The van der Waals surface area contributed by atoms with E-state index >= 15 is 0 Å². The number of aryl methyl sites for hydroxylation is 1. The van der Waals surface area contributed by atoms with E-state index in [1.807, 2.05) is 19.1 Å². The van der Waals surface area contributed by atoms with Crippen LogP contribution in [0.4, 0.5) is 0 Å². The van der Waals surface area contributed by atoms with Gasteiger partial charge >= 0.3 is 5.97 Å². The van der Waals surface area contributed by atoms with Gasteiger partial charge in [0.1, 0.15) is 6.54 Å². The third-order valence-electron chi connectivity index (χ3n) is 3.97. The van der Waals surface area contributed by atoms with Gasteiger partial charge in [0, 0.05) is 10.8 Å². The van der Waals surface area contributed by atoms with Crippen molar-refractivity contribution in [3.63, 3.8) is 0 Å². The van der Waals surface area contributed by atoms with Crippen LogP contribution >= 0.6 is 0 Å². The Balaban J connectivity index is 2.34. The maximum absolute atomic E-state index is 12.3. The number of aliphatic carboxylic acids is 1. The van der Waals surface area contributed by atoms with Crippen LogP contribution in [0, 0.1) is 6.92 Å². The van der Waals surface area contributed by atoms with Gasteiger partial charge in [0.2, 0.25) is 0 Å². The van der Waals surface area contributed by atoms with Crippen LogP contribution < -0.4 is 5.56 Å². The predicted molar refractivity (Wildman–Crippen MR) is 75.0 cm³/mol. The molecule has 0 bridgehead atoms. The number of hydrogen-bond acceptors (Lipinski definition) is 3. The molecular formula is C15H16N2O3. The van der Waals surface area contributed by atoms with Gasteiger partial charge < -0.3 is 5.11 Å². The molecule has 1 aliphatic rings. The van der Waals surface area contributed by atoms with Crippen molar-refractivity contribution in [2.75, 3.05) is 0 Å². The van der Waals surface area contributed by atoms with Crippen LogP contribution in [0.25, 0.3) is 10.8 Å². The van der Waals surface area contributed by atoms with Gasteiger partial charge in [0.15, 0.2) is 0 Å². The number of carboxylic acid groups (broad SMARTS) is 1. The molecule has 0 spiro atoms. The van der Waals surface area contributed by atoms with Crippen LogP contribution in [-0.2, 0) is 16.8 Å². The van der Waals surface area contributed by atoms with E-state index in [4.69, 9.17) is 5.11 Å². The van der Waals surface area contributed by atoms with Crippen LogP contribution in [0.2, 0.25) is 0 Å². The molecule has 1 aliphatic carbocycles. The van der Waals surface area contributed by atoms with Crippen LogP contribution in [-0.4, -0.2) is 20.9 Å². The highest BCUT2D eigenvalue weighted by Crippen LogP contribution is 2.48. The molecule has 0 aliphatic heterocycles. The highest BCUT2D eigenvalue weighted by atomic mass is 16.4. The second-order valence-electron chi connectivity index (χ2n) is 5.81. The zero-order valence-electron chi connectivity index (χ0n) is 11.5. The highest BCUT2D eigenvalue weighted by Gasteiger charge is 2.42. The summed E-state index contributed by atoms with van der Waals surface area (Å²) in [5, 5.41) is 14.7. The van der Waals surface area contributed by atoms with Crippen molar-refractivity contribution in [3.8, 4) is 0 Å². The Labute approximate surface area is 115 Å². The van der Waals surface area contributed by atoms with E-state index in [-0.39, 0.29) is 11.0 Å². The maximum Gasteiger partial charge on any atom is 0.325 e. The molecule has 20 heavy (non-hydrogen) atoms. The fourth-order valence-corrected chi connectivity index (χ4v) is 2.50. The van der Waals surface area contributed by atoms with E-state index in [0.29, 0.717) is 5.39 Å². The number of fused-ring (bicyclic) bond motifs is 1. The van der Waals surface area contributed by atoms with Gasteiger partial charge in [0.05, 0.1) is 11.1 Å². The monoisotopic (exact) mass is 272 g/mol. The summed E-state index contributed by atoms with van der Waals surface area (Å²) in [5.41, 5.74) is 1.55. The lowest BCUT2D eigenvalue weighted by atomic mass is 9.98. The summed E-state index contributed by atoms with van der Waals surface area (Å²) >= 11 is 0. The van der Waals surface area contributed by atoms with E-state index in [2.05, 4.69) is 12.0 Å². The molecule has 1 aromatic heterocycles. The van der Waals surface area contributed by atoms with Gasteiger partial charge in [-0.15, -0.1) is 0 Å². The molecule has 0 amide bonds. The average Bonchev–Trinajstić information content (AvgIpc) is 3.11. The number of aromatic nitrogens is 2. The van der Waals surface area contributed by atoms with Gasteiger partial charge in [-0.3, -0.25) is 9.59 Å². The molecule has 0 atom stereocenters. The Bertz CT molecular complexity index is 773. The summed E-state index contributed by atoms with van der Waals surface area (Å²) in [6.07, 6.45) is 2.04. The van der Waals surface area contributed by atoms with Gasteiger partial charge in [-0.1, -0.05) is 18.6 Å². The van der Waals surface area contributed by atoms with E-state index in [9.17, 15) is 9.59 Å². The van der Waals surface area contributed by atoms with E-state index in [0.717, 1.165) is 34.2 Å². The fourth-order valence-electron chi connectivity index (χ4n) is 2.50. The van der Waals surface area contributed by atoms with Crippen molar-refractivity contribution < 1.29 is 9.90 Å². The Morgan fingerprint density at radius 1 is 1.40 bits per heavy atom. The van der Waals surface area contributed by atoms with E-state index in [1.165, 1.54) is 0 Å². The molecule has 104 valence electrons. The molecule has 2 aromatic rings. The second-order valence-corrected chi connectivity index (χ2v) is 5.81. The molecule has 1 aromatic carbocycles. The molecule has 0 saturated heterocycles. The first-order chi connectivity index (χ1) is 9.40. The van der Waals surface area contributed by atoms with Crippen LogP contribution in [0.5, 0.6) is 0 Å². The van der Waals surface area contributed by atoms with Crippen molar-refractivity contribution in [1.29, 1.82) is 0 Å². The number of benzene rings is 1. The summed E-state index contributed by atoms with van der Waals surface area (Å²) in [7, 11) is 0. The lowest BCUT2D eigenvalue weighted by Crippen LogP contribution is -2.29. The zero-order valence-corrected chi connectivity index (χ0v) is 11.5. The summed E-state index contributed by atoms with van der Waals surface area (Å²) < 4.78 is 1.07. The van der Waals surface area contributed by atoms with Crippen molar-refractivity contribution in [1.82, 2.24) is 9.78 Å². The van der Waals surface area contributed by atoms with Gasteiger partial charge in [-0.05, 0) is 31.9 Å². The molecule has 1 N–H and O–H groups in total. The normalized spacial score (nSPS) is 16.3. The van der Waals surface area contributed by atoms with Crippen molar-refractivity contribution >= 4 is 16.7 Å². The topological polar surface area (TPSA) is 72.2 Å². The summed E-state index contributed by atoms with van der Waals surface area (Å²) in [6, 6.07) is 5.60. The number of rotatable bonds is 3. The Kier molecular flexibility index (Phi) is 2.67. The van der Waals surface area contributed by atoms with Gasteiger partial charge in [-0.2, -0.15) is 5.10 Å². The minimum absolute atomic E-state index is 0.0278. The first-order valence-corrected chi connectivity index (χ1v) is 6.64. The minimum Gasteiger partial charge on any atom is -0.480 e. The lowest BCUT2D eigenvalue weighted by Gasteiger charge is -2.14. The third kappa shape index (κ3) is 1.99. The van der Waals surface area contributed by atoms with Crippen molar-refractivity contribution in [3.05, 3.63) is 39.8 Å². The zero-order chi connectivity index (χ0) is 14.5. The summed E-state index contributed by atoms with van der Waals surface area (Å²) in [5.74, 6) is -1.06. The molecule has 0 radical (unpaired) electrons. The van der Waals surface area contributed by atoms with Crippen molar-refractivity contribution in [2.45, 2.75) is 38.6 Å². The molecular weight excluding hydrogens is 256 g/mol. The third-order valence-corrected chi connectivity index (χ3v) is 3.97. The predicted octanol–water partition coefficient (Wildman–Crippen LogP) is 1.84. The summed E-state index contributed by atoms with van der Waals surface area (Å²) in [4.78, 5) is 23.2. The molecule has 1 fully saturated rings. The molecule has 1 saturated carbocycles. The van der Waals surface area contributed by atoms with E-state index < -0.39 is 12.5 Å². The number of nitrogens with zero attached hydrogens (tertiary/aromatic N) is 2. The Hall–Kier alpha value is -2.17. The molecule has 1 heterocycles. The quantitative estimate of drug-likeness (QED) is 0.925. The van der Waals surface area contributed by atoms with Crippen molar-refractivity contribution in [2.24, 2.45) is 0 Å². The Morgan fingerprint density at radius 3 is 2.70 bits per heavy atom. The van der Waals surface area contributed by atoms with Crippen LogP contribution in [0.3, 0.4) is 0 Å². The SMILES string of the molecule is Cc1ccc2c(=O)n(CC(=O)O)nc(C3(C)CC3)c2c1. The molecule has 5 nitrogen and oxygen atoms in total. The smallest absolute Gasteiger partial charge is 0.325 e. The number of carboxylic acids is 1. The first kappa shape index (κ1) is 12.8.